The van der Waals surface area contributed by atoms with Crippen LogP contribution in [-0.4, -0.2) is 40.0 Å². The minimum absolute atomic E-state index is 0.0471. The zero-order valence-electron chi connectivity index (χ0n) is 18.1. The summed E-state index contributed by atoms with van der Waals surface area (Å²) in [4.78, 5) is 23.1. The molecule has 0 unspecified atom stereocenters. The highest BCUT2D eigenvalue weighted by molar-refractivity contribution is 5.98. The van der Waals surface area contributed by atoms with Crippen LogP contribution in [0.2, 0.25) is 0 Å². The second-order valence-corrected chi connectivity index (χ2v) is 7.59. The topological polar surface area (TPSA) is 81.3 Å². The predicted molar refractivity (Wildman–Crippen MR) is 116 cm³/mol. The van der Waals surface area contributed by atoms with Crippen LogP contribution in [0.15, 0.2) is 42.6 Å². The number of rotatable bonds is 7. The van der Waals surface area contributed by atoms with E-state index < -0.39 is 11.7 Å². The molecule has 0 spiro atoms. The average Bonchev–Trinajstić information content (AvgIpc) is 2.73. The van der Waals surface area contributed by atoms with E-state index in [1.54, 1.807) is 18.2 Å². The third-order valence-corrected chi connectivity index (χ3v) is 5.01. The Kier molecular flexibility index (Phi) is 6.98. The van der Waals surface area contributed by atoms with Crippen LogP contribution < -0.4 is 5.73 Å². The SMILES string of the molecule is CCO[C@@H](C)CN(Cc1ccc(C(F)(F)F)cn1)C(=O)c1ccc2nc(N)c(C)cc2c1. The summed E-state index contributed by atoms with van der Waals surface area (Å²) in [6, 6.07) is 9.22. The number of carbonyl (C=O) groups is 1. The van der Waals surface area contributed by atoms with E-state index >= 15 is 0 Å². The van der Waals surface area contributed by atoms with Crippen LogP contribution in [0.25, 0.3) is 10.9 Å². The number of ether oxygens (including phenoxy) is 1. The van der Waals surface area contributed by atoms with Crippen molar-refractivity contribution in [1.29, 1.82) is 0 Å². The summed E-state index contributed by atoms with van der Waals surface area (Å²) in [6.45, 7) is 6.30. The molecular weight excluding hydrogens is 421 g/mol. The predicted octanol–water partition coefficient (Wildman–Crippen LogP) is 4.61. The van der Waals surface area contributed by atoms with Gasteiger partial charge in [-0.1, -0.05) is 0 Å². The molecule has 0 fully saturated rings. The van der Waals surface area contributed by atoms with Gasteiger partial charge in [-0.25, -0.2) is 4.98 Å². The molecular formula is C23H25F3N4O2. The first-order chi connectivity index (χ1) is 15.1. The van der Waals surface area contributed by atoms with Crippen LogP contribution in [0.5, 0.6) is 0 Å². The zero-order valence-corrected chi connectivity index (χ0v) is 18.1. The standard InChI is InChI=1S/C23H25F3N4O2/c1-4-32-15(3)12-30(13-19-7-6-18(11-28-19)23(24,25)26)22(31)16-5-8-20-17(10-16)9-14(2)21(27)29-20/h5-11,15H,4,12-13H2,1-3H3,(H2,27,29)/t15-/m0/s1. The Balaban J connectivity index is 1.89. The number of fused-ring (bicyclic) bond motifs is 1. The average molecular weight is 446 g/mol. The van der Waals surface area contributed by atoms with Gasteiger partial charge in [-0.05, 0) is 62.7 Å². The summed E-state index contributed by atoms with van der Waals surface area (Å²) in [6.07, 6.45) is -3.95. The van der Waals surface area contributed by atoms with E-state index in [-0.39, 0.29) is 25.1 Å². The number of aryl methyl sites for hydroxylation is 1. The summed E-state index contributed by atoms with van der Waals surface area (Å²) >= 11 is 0. The molecule has 0 bridgehead atoms. The van der Waals surface area contributed by atoms with Gasteiger partial charge in [-0.3, -0.25) is 9.78 Å². The van der Waals surface area contributed by atoms with E-state index in [0.29, 0.717) is 29.2 Å². The van der Waals surface area contributed by atoms with E-state index in [2.05, 4.69) is 9.97 Å². The van der Waals surface area contributed by atoms with Gasteiger partial charge in [0, 0.05) is 30.3 Å². The Labute approximate surface area is 184 Å². The van der Waals surface area contributed by atoms with Crippen molar-refractivity contribution in [2.24, 2.45) is 0 Å². The number of halogens is 3. The number of nitrogen functional groups attached to an aromatic ring is 1. The van der Waals surface area contributed by atoms with Crippen molar-refractivity contribution in [3.63, 3.8) is 0 Å². The molecule has 0 aliphatic heterocycles. The van der Waals surface area contributed by atoms with Gasteiger partial charge >= 0.3 is 6.18 Å². The second-order valence-electron chi connectivity index (χ2n) is 7.59. The van der Waals surface area contributed by atoms with Gasteiger partial charge in [-0.2, -0.15) is 13.2 Å². The third-order valence-electron chi connectivity index (χ3n) is 5.01. The summed E-state index contributed by atoms with van der Waals surface area (Å²) in [5, 5.41) is 0.771. The molecule has 170 valence electrons. The van der Waals surface area contributed by atoms with Gasteiger partial charge < -0.3 is 15.4 Å². The highest BCUT2D eigenvalue weighted by atomic mass is 19.4. The number of alkyl halides is 3. The number of benzene rings is 1. The summed E-state index contributed by atoms with van der Waals surface area (Å²) < 4.78 is 44.1. The largest absolute Gasteiger partial charge is 0.417 e. The van der Waals surface area contributed by atoms with Gasteiger partial charge in [0.25, 0.3) is 5.91 Å². The van der Waals surface area contributed by atoms with Gasteiger partial charge in [-0.15, -0.1) is 0 Å². The Morgan fingerprint density at radius 2 is 1.97 bits per heavy atom. The van der Waals surface area contributed by atoms with Crippen molar-refractivity contribution in [2.75, 3.05) is 18.9 Å². The summed E-state index contributed by atoms with van der Waals surface area (Å²) in [7, 11) is 0. The van der Waals surface area contributed by atoms with Gasteiger partial charge in [0.15, 0.2) is 0 Å². The van der Waals surface area contributed by atoms with E-state index in [0.717, 1.165) is 23.2 Å². The molecule has 2 N–H and O–H groups in total. The van der Waals surface area contributed by atoms with Crippen LogP contribution in [0.4, 0.5) is 19.0 Å². The van der Waals surface area contributed by atoms with Crippen molar-refractivity contribution in [2.45, 2.75) is 39.6 Å². The monoisotopic (exact) mass is 446 g/mol. The fourth-order valence-electron chi connectivity index (χ4n) is 3.36. The third kappa shape index (κ3) is 5.53. The number of anilines is 1. The molecule has 9 heteroatoms. The van der Waals surface area contributed by atoms with E-state index in [9.17, 15) is 18.0 Å². The van der Waals surface area contributed by atoms with Crippen LogP contribution in [0.3, 0.4) is 0 Å². The first-order valence-electron chi connectivity index (χ1n) is 10.2. The number of aromatic nitrogens is 2. The first-order valence-corrected chi connectivity index (χ1v) is 10.2. The van der Waals surface area contributed by atoms with Crippen LogP contribution in [0, 0.1) is 6.92 Å². The van der Waals surface area contributed by atoms with Gasteiger partial charge in [0.05, 0.1) is 29.4 Å². The van der Waals surface area contributed by atoms with Gasteiger partial charge in [0.2, 0.25) is 0 Å². The fourth-order valence-corrected chi connectivity index (χ4v) is 3.36. The molecule has 0 aliphatic rings. The van der Waals surface area contributed by atoms with Crippen LogP contribution in [-0.2, 0) is 17.5 Å². The van der Waals surface area contributed by atoms with E-state index in [1.807, 2.05) is 26.8 Å². The molecule has 6 nitrogen and oxygen atoms in total. The van der Waals surface area contributed by atoms with E-state index in [1.165, 1.54) is 11.0 Å². The second kappa shape index (κ2) is 9.52. The number of nitrogens with two attached hydrogens (primary N) is 1. The lowest BCUT2D eigenvalue weighted by Crippen LogP contribution is -2.37. The maximum atomic E-state index is 13.3. The summed E-state index contributed by atoms with van der Waals surface area (Å²) in [5.74, 6) is 0.145. The Bertz CT molecular complexity index is 1100. The van der Waals surface area contributed by atoms with Gasteiger partial charge in [0.1, 0.15) is 5.82 Å². The fraction of sp³-hybridized carbons (Fsp3) is 0.348. The number of hydrogen-bond donors (Lipinski definition) is 1. The zero-order chi connectivity index (χ0) is 23.5. The Morgan fingerprint density at radius 3 is 2.59 bits per heavy atom. The molecule has 0 radical (unpaired) electrons. The number of hydrogen-bond acceptors (Lipinski definition) is 5. The lowest BCUT2D eigenvalue weighted by Gasteiger charge is -2.26. The maximum absolute atomic E-state index is 13.3. The Hall–Kier alpha value is -3.20. The number of pyridine rings is 2. The van der Waals surface area contributed by atoms with Crippen molar-refractivity contribution in [1.82, 2.24) is 14.9 Å². The summed E-state index contributed by atoms with van der Waals surface area (Å²) in [5.41, 5.74) is 7.28. The molecule has 0 saturated carbocycles. The normalized spacial score (nSPS) is 12.7. The molecule has 1 amide bonds. The minimum Gasteiger partial charge on any atom is -0.383 e. The highest BCUT2D eigenvalue weighted by Crippen LogP contribution is 2.28. The molecule has 3 rings (SSSR count). The first kappa shape index (κ1) is 23.5. The molecule has 2 heterocycles. The van der Waals surface area contributed by atoms with Crippen LogP contribution >= 0.6 is 0 Å². The highest BCUT2D eigenvalue weighted by Gasteiger charge is 2.31. The Morgan fingerprint density at radius 1 is 1.22 bits per heavy atom. The van der Waals surface area contributed by atoms with Crippen LogP contribution in [0.1, 0.15) is 41.0 Å². The number of carbonyl (C=O) groups excluding carboxylic acids is 1. The molecule has 32 heavy (non-hydrogen) atoms. The number of amides is 1. The maximum Gasteiger partial charge on any atom is 0.417 e. The quantitative estimate of drug-likeness (QED) is 0.573. The number of nitrogens with zero attached hydrogens (tertiary/aromatic N) is 3. The molecule has 1 atom stereocenters. The lowest BCUT2D eigenvalue weighted by molar-refractivity contribution is -0.137. The molecule has 3 aromatic rings. The van der Waals surface area contributed by atoms with Crippen molar-refractivity contribution in [3.05, 3.63) is 65.0 Å². The smallest absolute Gasteiger partial charge is 0.383 e. The molecule has 1 aromatic carbocycles. The molecule has 0 saturated heterocycles. The molecule has 0 aliphatic carbocycles. The van der Waals surface area contributed by atoms with Crippen molar-refractivity contribution < 1.29 is 22.7 Å². The van der Waals surface area contributed by atoms with Crippen molar-refractivity contribution >= 4 is 22.6 Å². The minimum atomic E-state index is -4.47. The van der Waals surface area contributed by atoms with E-state index in [4.69, 9.17) is 10.5 Å². The van der Waals surface area contributed by atoms with Crippen molar-refractivity contribution in [3.8, 4) is 0 Å². The lowest BCUT2D eigenvalue weighted by atomic mass is 10.1. The molecule has 2 aromatic heterocycles.